The standard InChI is InChI=1S/C16H20N2O3/c1-3-13(10(2)19)16-17-15(18-21-16)12-8-11-6-4-5-7-14(11)20-9-12/h4-7,10,12-13,19H,3,8-9H2,1-2H3. The van der Waals surface area contributed by atoms with Gasteiger partial charge in [0.1, 0.15) is 5.75 Å². The van der Waals surface area contributed by atoms with Crippen LogP contribution in [0.2, 0.25) is 0 Å². The predicted octanol–water partition coefficient (Wildman–Crippen LogP) is 2.66. The van der Waals surface area contributed by atoms with Crippen LogP contribution < -0.4 is 4.74 Å². The van der Waals surface area contributed by atoms with Gasteiger partial charge in [-0.3, -0.25) is 0 Å². The maximum atomic E-state index is 9.76. The van der Waals surface area contributed by atoms with E-state index in [-0.39, 0.29) is 11.8 Å². The number of aromatic nitrogens is 2. The fourth-order valence-corrected chi connectivity index (χ4v) is 2.78. The molecule has 1 aromatic heterocycles. The molecule has 0 spiro atoms. The van der Waals surface area contributed by atoms with E-state index >= 15 is 0 Å². The summed E-state index contributed by atoms with van der Waals surface area (Å²) in [5.74, 6) is 2.11. The molecular formula is C16H20N2O3. The van der Waals surface area contributed by atoms with E-state index in [0.717, 1.165) is 18.6 Å². The molecule has 0 fully saturated rings. The molecule has 21 heavy (non-hydrogen) atoms. The lowest BCUT2D eigenvalue weighted by Crippen LogP contribution is -2.20. The number of hydrogen-bond acceptors (Lipinski definition) is 5. The predicted molar refractivity (Wildman–Crippen MR) is 77.4 cm³/mol. The maximum Gasteiger partial charge on any atom is 0.232 e. The van der Waals surface area contributed by atoms with Gasteiger partial charge in [0, 0.05) is 0 Å². The molecule has 0 saturated heterocycles. The van der Waals surface area contributed by atoms with E-state index in [0.29, 0.717) is 18.3 Å². The van der Waals surface area contributed by atoms with Crippen molar-refractivity contribution in [3.63, 3.8) is 0 Å². The van der Waals surface area contributed by atoms with Gasteiger partial charge in [-0.15, -0.1) is 0 Å². The summed E-state index contributed by atoms with van der Waals surface area (Å²) >= 11 is 0. The van der Waals surface area contributed by atoms with Gasteiger partial charge in [0.25, 0.3) is 0 Å². The summed E-state index contributed by atoms with van der Waals surface area (Å²) in [6.45, 7) is 4.31. The normalized spacial score (nSPS) is 20.4. The molecule has 3 atom stereocenters. The summed E-state index contributed by atoms with van der Waals surface area (Å²) in [5.41, 5.74) is 1.17. The first kappa shape index (κ1) is 14.1. The number of aliphatic hydroxyl groups excluding tert-OH is 1. The van der Waals surface area contributed by atoms with E-state index in [9.17, 15) is 5.11 Å². The molecule has 3 rings (SSSR count). The van der Waals surface area contributed by atoms with Gasteiger partial charge in [-0.1, -0.05) is 30.3 Å². The SMILES string of the molecule is CCC(c1nc(C2COc3ccccc3C2)no1)C(C)O. The largest absolute Gasteiger partial charge is 0.493 e. The molecule has 1 aromatic carbocycles. The van der Waals surface area contributed by atoms with Crippen LogP contribution in [0.4, 0.5) is 0 Å². The third-order valence-electron chi connectivity index (χ3n) is 4.04. The quantitative estimate of drug-likeness (QED) is 0.936. The first-order chi connectivity index (χ1) is 10.2. The lowest BCUT2D eigenvalue weighted by atomic mass is 9.96. The number of para-hydroxylation sites is 1. The Morgan fingerprint density at radius 1 is 1.38 bits per heavy atom. The van der Waals surface area contributed by atoms with Gasteiger partial charge < -0.3 is 14.4 Å². The van der Waals surface area contributed by atoms with Gasteiger partial charge in [-0.2, -0.15) is 4.98 Å². The van der Waals surface area contributed by atoms with E-state index in [4.69, 9.17) is 9.26 Å². The molecular weight excluding hydrogens is 268 g/mol. The van der Waals surface area contributed by atoms with Crippen molar-refractivity contribution in [3.05, 3.63) is 41.5 Å². The number of ether oxygens (including phenoxy) is 1. The van der Waals surface area contributed by atoms with Crippen molar-refractivity contribution in [2.75, 3.05) is 6.61 Å². The van der Waals surface area contributed by atoms with Crippen LogP contribution in [-0.2, 0) is 6.42 Å². The zero-order valence-electron chi connectivity index (χ0n) is 12.3. The fraction of sp³-hybridized carbons (Fsp3) is 0.500. The maximum absolute atomic E-state index is 9.76. The van der Waals surface area contributed by atoms with Crippen LogP contribution in [0.3, 0.4) is 0 Å². The molecule has 2 heterocycles. The van der Waals surface area contributed by atoms with Crippen molar-refractivity contribution in [1.82, 2.24) is 10.1 Å². The average Bonchev–Trinajstić information content (AvgIpc) is 2.96. The van der Waals surface area contributed by atoms with E-state index in [2.05, 4.69) is 16.2 Å². The number of nitrogens with zero attached hydrogens (tertiary/aromatic N) is 2. The molecule has 1 aliphatic heterocycles. The van der Waals surface area contributed by atoms with Crippen molar-refractivity contribution in [2.45, 2.75) is 44.6 Å². The second kappa shape index (κ2) is 5.85. The third-order valence-corrected chi connectivity index (χ3v) is 4.04. The van der Waals surface area contributed by atoms with Crippen LogP contribution in [0.1, 0.15) is 49.4 Å². The summed E-state index contributed by atoms with van der Waals surface area (Å²) in [6.07, 6.45) is 1.12. The van der Waals surface area contributed by atoms with Crippen LogP contribution in [0.15, 0.2) is 28.8 Å². The Labute approximate surface area is 123 Å². The molecule has 0 amide bonds. The molecule has 0 bridgehead atoms. The van der Waals surface area contributed by atoms with Gasteiger partial charge in [0.2, 0.25) is 5.89 Å². The highest BCUT2D eigenvalue weighted by Crippen LogP contribution is 2.32. The Morgan fingerprint density at radius 2 is 2.19 bits per heavy atom. The number of benzene rings is 1. The van der Waals surface area contributed by atoms with E-state index < -0.39 is 6.10 Å². The van der Waals surface area contributed by atoms with Gasteiger partial charge in [-0.05, 0) is 31.4 Å². The zero-order valence-corrected chi connectivity index (χ0v) is 12.3. The second-order valence-corrected chi connectivity index (χ2v) is 5.57. The second-order valence-electron chi connectivity index (χ2n) is 5.57. The number of fused-ring (bicyclic) bond motifs is 1. The lowest BCUT2D eigenvalue weighted by Gasteiger charge is -2.22. The minimum absolute atomic E-state index is 0.101. The number of rotatable bonds is 4. The Kier molecular flexibility index (Phi) is 3.92. The first-order valence-electron chi connectivity index (χ1n) is 7.41. The summed E-state index contributed by atoms with van der Waals surface area (Å²) < 4.78 is 11.1. The molecule has 0 radical (unpaired) electrons. The van der Waals surface area contributed by atoms with Gasteiger partial charge in [0.15, 0.2) is 5.82 Å². The lowest BCUT2D eigenvalue weighted by molar-refractivity contribution is 0.141. The monoisotopic (exact) mass is 288 g/mol. The summed E-state index contributed by atoms with van der Waals surface area (Å²) in [5, 5.41) is 13.8. The molecule has 5 heteroatoms. The molecule has 3 unspecified atom stereocenters. The average molecular weight is 288 g/mol. The van der Waals surface area contributed by atoms with Gasteiger partial charge in [-0.25, -0.2) is 0 Å². The highest BCUT2D eigenvalue weighted by molar-refractivity contribution is 5.36. The fourth-order valence-electron chi connectivity index (χ4n) is 2.78. The summed E-state index contributed by atoms with van der Waals surface area (Å²) in [7, 11) is 0. The topological polar surface area (TPSA) is 68.4 Å². The minimum atomic E-state index is -0.494. The van der Waals surface area contributed by atoms with Crippen LogP contribution in [0.5, 0.6) is 5.75 Å². The van der Waals surface area contributed by atoms with Crippen LogP contribution in [-0.4, -0.2) is 28.0 Å². The van der Waals surface area contributed by atoms with E-state index in [1.54, 1.807) is 6.92 Å². The summed E-state index contributed by atoms with van der Waals surface area (Å²) in [4.78, 5) is 4.48. The molecule has 112 valence electrons. The number of hydrogen-bond donors (Lipinski definition) is 1. The molecule has 1 aliphatic rings. The van der Waals surface area contributed by atoms with Crippen molar-refractivity contribution >= 4 is 0 Å². The van der Waals surface area contributed by atoms with Crippen LogP contribution in [0.25, 0.3) is 0 Å². The molecule has 2 aromatic rings. The Bertz CT molecular complexity index is 609. The first-order valence-corrected chi connectivity index (χ1v) is 7.41. The van der Waals surface area contributed by atoms with Crippen molar-refractivity contribution in [2.24, 2.45) is 0 Å². The molecule has 0 aliphatic carbocycles. The number of aliphatic hydroxyl groups is 1. The van der Waals surface area contributed by atoms with Gasteiger partial charge in [0.05, 0.1) is 24.5 Å². The van der Waals surface area contributed by atoms with Crippen LogP contribution in [0, 0.1) is 0 Å². The molecule has 0 saturated carbocycles. The Balaban J connectivity index is 1.79. The van der Waals surface area contributed by atoms with Crippen molar-refractivity contribution < 1.29 is 14.4 Å². The van der Waals surface area contributed by atoms with Gasteiger partial charge >= 0.3 is 0 Å². The smallest absolute Gasteiger partial charge is 0.232 e. The minimum Gasteiger partial charge on any atom is -0.493 e. The van der Waals surface area contributed by atoms with E-state index in [1.165, 1.54) is 5.56 Å². The third kappa shape index (κ3) is 2.78. The highest BCUT2D eigenvalue weighted by atomic mass is 16.5. The molecule has 1 N–H and O–H groups in total. The summed E-state index contributed by atoms with van der Waals surface area (Å²) in [6, 6.07) is 8.02. The van der Waals surface area contributed by atoms with Crippen molar-refractivity contribution in [1.29, 1.82) is 0 Å². The van der Waals surface area contributed by atoms with E-state index in [1.807, 2.05) is 25.1 Å². The van der Waals surface area contributed by atoms with Crippen LogP contribution >= 0.6 is 0 Å². The Morgan fingerprint density at radius 3 is 2.95 bits per heavy atom. The highest BCUT2D eigenvalue weighted by Gasteiger charge is 2.28. The molecule has 5 nitrogen and oxygen atoms in total. The zero-order chi connectivity index (χ0) is 14.8. The van der Waals surface area contributed by atoms with Crippen molar-refractivity contribution in [3.8, 4) is 5.75 Å². The Hall–Kier alpha value is -1.88.